The maximum absolute atomic E-state index is 12.7. The average molecular weight is 535 g/mol. The van der Waals surface area contributed by atoms with Gasteiger partial charge in [-0.05, 0) is 25.7 Å². The number of amides is 4. The number of nitrogens with one attached hydrogen (secondary N) is 3. The molecule has 0 saturated heterocycles. The van der Waals surface area contributed by atoms with Crippen molar-refractivity contribution in [2.45, 2.75) is 62.7 Å². The van der Waals surface area contributed by atoms with E-state index >= 15 is 0 Å². The third kappa shape index (κ3) is 14.0. The summed E-state index contributed by atoms with van der Waals surface area (Å²) in [5.74, 6) is -6.27. The molecule has 0 fully saturated rings. The zero-order chi connectivity index (χ0) is 27.8. The molecule has 0 radical (unpaired) electrons. The lowest BCUT2D eigenvalue weighted by atomic mass is 10.1. The molecule has 4 atom stereocenters. The number of aliphatic carboxylic acids is 2. The van der Waals surface area contributed by atoms with Crippen molar-refractivity contribution < 1.29 is 39.0 Å². The third-order valence-corrected chi connectivity index (χ3v) is 5.06. The van der Waals surface area contributed by atoms with E-state index in [0.717, 1.165) is 0 Å². The Morgan fingerprint density at radius 1 is 0.778 bits per heavy atom. The highest BCUT2D eigenvalue weighted by atomic mass is 32.1. The van der Waals surface area contributed by atoms with Gasteiger partial charge in [0, 0.05) is 25.1 Å². The summed E-state index contributed by atoms with van der Waals surface area (Å²) in [7, 11) is 0. The molecule has 4 unspecified atom stereocenters. The van der Waals surface area contributed by atoms with Crippen molar-refractivity contribution in [2.75, 3.05) is 12.3 Å². The lowest BCUT2D eigenvalue weighted by molar-refractivity contribution is -0.143. The van der Waals surface area contributed by atoms with Gasteiger partial charge in [0.05, 0.1) is 6.04 Å². The minimum atomic E-state index is -1.43. The number of carboxylic acids is 2. The van der Waals surface area contributed by atoms with Crippen LogP contribution in [0, 0.1) is 0 Å². The van der Waals surface area contributed by atoms with E-state index in [9.17, 15) is 33.9 Å². The van der Waals surface area contributed by atoms with Gasteiger partial charge in [-0.25, -0.2) is 4.79 Å². The van der Waals surface area contributed by atoms with E-state index in [0.29, 0.717) is 0 Å². The molecule has 204 valence electrons. The van der Waals surface area contributed by atoms with Crippen molar-refractivity contribution in [2.24, 2.45) is 27.9 Å². The van der Waals surface area contributed by atoms with Gasteiger partial charge < -0.3 is 49.1 Å². The smallest absolute Gasteiger partial charge is 0.326 e. The standard InChI is InChI=1S/C19H34N8O8S/c20-9(3-5-13(21)28)15(31)27-12(8-36)17(33)25-10(4-6-14(29)30)16(32)26-11(18(34)35)2-1-7-24-19(22)23/h9-12,36H,1-8,20H2,(H2,21,28)(H,25,33)(H,26,32)(H,27,31)(H,29,30)(H,34,35)(H4,22,23,24). The first-order chi connectivity index (χ1) is 16.8. The van der Waals surface area contributed by atoms with Gasteiger partial charge in [0.1, 0.15) is 18.1 Å². The largest absolute Gasteiger partial charge is 0.481 e. The number of thiol groups is 1. The number of carboxylic acid groups (broad SMARTS) is 2. The maximum atomic E-state index is 12.7. The number of aliphatic imine (C=N–C) groups is 1. The summed E-state index contributed by atoms with van der Waals surface area (Å²) in [6.07, 6.45) is -0.929. The van der Waals surface area contributed by atoms with E-state index in [-0.39, 0.29) is 50.4 Å². The number of carbonyl (C=O) groups excluding carboxylic acids is 4. The molecule has 0 bridgehead atoms. The molecule has 0 aromatic rings. The molecule has 0 aliphatic heterocycles. The minimum absolute atomic E-state index is 0.0457. The molecule has 0 saturated carbocycles. The quantitative estimate of drug-likeness (QED) is 0.0349. The van der Waals surface area contributed by atoms with Crippen molar-refractivity contribution in [3.63, 3.8) is 0 Å². The van der Waals surface area contributed by atoms with E-state index in [1.54, 1.807) is 0 Å². The summed E-state index contributed by atoms with van der Waals surface area (Å²) < 4.78 is 0. The zero-order valence-corrected chi connectivity index (χ0v) is 20.4. The Kier molecular flexibility index (Phi) is 15.2. The number of nitrogens with zero attached hydrogens (tertiary/aromatic N) is 1. The van der Waals surface area contributed by atoms with Crippen molar-refractivity contribution >= 4 is 54.2 Å². The van der Waals surface area contributed by atoms with E-state index in [1.165, 1.54) is 0 Å². The predicted molar refractivity (Wildman–Crippen MR) is 130 cm³/mol. The van der Waals surface area contributed by atoms with Crippen molar-refractivity contribution in [1.82, 2.24) is 16.0 Å². The molecule has 16 nitrogen and oxygen atoms in total. The number of carbonyl (C=O) groups is 6. The summed E-state index contributed by atoms with van der Waals surface area (Å²) in [4.78, 5) is 74.7. The van der Waals surface area contributed by atoms with Gasteiger partial charge in [-0.15, -0.1) is 0 Å². The summed E-state index contributed by atoms with van der Waals surface area (Å²) >= 11 is 4.00. The van der Waals surface area contributed by atoms with Crippen molar-refractivity contribution in [1.29, 1.82) is 0 Å². The summed E-state index contributed by atoms with van der Waals surface area (Å²) in [5.41, 5.74) is 21.1. The molecule has 0 rings (SSSR count). The van der Waals surface area contributed by atoms with Crippen LogP contribution in [0.15, 0.2) is 4.99 Å². The van der Waals surface area contributed by atoms with Crippen LogP contribution in [0.4, 0.5) is 0 Å². The first kappa shape index (κ1) is 32.4. The molecule has 17 heteroatoms. The van der Waals surface area contributed by atoms with E-state index in [4.69, 9.17) is 28.0 Å². The highest BCUT2D eigenvalue weighted by Crippen LogP contribution is 2.05. The topological polar surface area (TPSA) is 295 Å². The van der Waals surface area contributed by atoms with Crippen molar-refractivity contribution in [3.8, 4) is 0 Å². The second-order valence-electron chi connectivity index (χ2n) is 7.70. The zero-order valence-electron chi connectivity index (χ0n) is 19.5. The van der Waals surface area contributed by atoms with Gasteiger partial charge in [-0.1, -0.05) is 0 Å². The molecule has 0 aliphatic carbocycles. The highest BCUT2D eigenvalue weighted by molar-refractivity contribution is 7.80. The monoisotopic (exact) mass is 534 g/mol. The number of primary amides is 1. The Labute approximate surface area is 212 Å². The minimum Gasteiger partial charge on any atom is -0.481 e. The lowest BCUT2D eigenvalue weighted by Gasteiger charge is -2.24. The normalized spacial score (nSPS) is 13.8. The maximum Gasteiger partial charge on any atom is 0.326 e. The fraction of sp³-hybridized carbons (Fsp3) is 0.632. The number of hydrogen-bond acceptors (Lipinski definition) is 9. The number of rotatable bonds is 18. The Bertz CT molecular complexity index is 836. The third-order valence-electron chi connectivity index (χ3n) is 4.69. The van der Waals surface area contributed by atoms with Gasteiger partial charge in [-0.2, -0.15) is 12.6 Å². The molecule has 0 aromatic carbocycles. The molecule has 4 amide bonds. The van der Waals surface area contributed by atoms with E-state index in [1.807, 2.05) is 0 Å². The van der Waals surface area contributed by atoms with Crippen LogP contribution in [-0.2, 0) is 28.8 Å². The molecule has 36 heavy (non-hydrogen) atoms. The van der Waals surface area contributed by atoms with Crippen molar-refractivity contribution in [3.05, 3.63) is 0 Å². The van der Waals surface area contributed by atoms with Gasteiger partial charge in [0.25, 0.3) is 0 Å². The van der Waals surface area contributed by atoms with Crippen LogP contribution in [0.1, 0.15) is 38.5 Å². The van der Waals surface area contributed by atoms with E-state index in [2.05, 4.69) is 33.6 Å². The SMILES string of the molecule is NC(=O)CCC(N)C(=O)NC(CS)C(=O)NC(CCC(=O)O)C(=O)NC(CCCN=C(N)N)C(=O)O. The van der Waals surface area contributed by atoms with Crippen LogP contribution in [-0.4, -0.2) is 88.2 Å². The molecule has 0 aliphatic rings. The Balaban J connectivity index is 5.31. The van der Waals surface area contributed by atoms with Gasteiger partial charge in [0.2, 0.25) is 23.6 Å². The molecule has 0 spiro atoms. The fourth-order valence-corrected chi connectivity index (χ4v) is 3.00. The van der Waals surface area contributed by atoms with Gasteiger partial charge in [-0.3, -0.25) is 29.0 Å². The highest BCUT2D eigenvalue weighted by Gasteiger charge is 2.30. The van der Waals surface area contributed by atoms with Crippen LogP contribution in [0.3, 0.4) is 0 Å². The summed E-state index contributed by atoms with van der Waals surface area (Å²) in [5, 5.41) is 25.2. The Morgan fingerprint density at radius 3 is 1.83 bits per heavy atom. The Hall–Kier alpha value is -3.60. The molecule has 13 N–H and O–H groups in total. The van der Waals surface area contributed by atoms with Crippen LogP contribution < -0.4 is 38.9 Å². The van der Waals surface area contributed by atoms with Gasteiger partial charge in [0.15, 0.2) is 5.96 Å². The predicted octanol–water partition coefficient (Wildman–Crippen LogP) is -4.03. The van der Waals surface area contributed by atoms with Gasteiger partial charge >= 0.3 is 11.9 Å². The summed E-state index contributed by atoms with van der Waals surface area (Å²) in [6, 6.07) is -5.21. The number of nitrogens with two attached hydrogens (primary N) is 4. The fourth-order valence-electron chi connectivity index (χ4n) is 2.74. The Morgan fingerprint density at radius 2 is 1.33 bits per heavy atom. The number of guanidine groups is 1. The van der Waals surface area contributed by atoms with Crippen LogP contribution in [0.5, 0.6) is 0 Å². The average Bonchev–Trinajstić information content (AvgIpc) is 2.79. The van der Waals surface area contributed by atoms with Crippen LogP contribution in [0.25, 0.3) is 0 Å². The first-order valence-electron chi connectivity index (χ1n) is 10.8. The second-order valence-corrected chi connectivity index (χ2v) is 8.06. The van der Waals surface area contributed by atoms with Crippen LogP contribution in [0.2, 0.25) is 0 Å². The molecule has 0 aromatic heterocycles. The first-order valence-corrected chi connectivity index (χ1v) is 11.5. The molecule has 0 heterocycles. The van der Waals surface area contributed by atoms with E-state index < -0.39 is 66.2 Å². The molecular formula is C19H34N8O8S. The lowest BCUT2D eigenvalue weighted by Crippen LogP contribution is -2.57. The molecular weight excluding hydrogens is 500 g/mol. The number of hydrogen-bond donors (Lipinski definition) is 10. The van der Waals surface area contributed by atoms with Crippen LogP contribution >= 0.6 is 12.6 Å². The summed E-state index contributed by atoms with van der Waals surface area (Å²) in [6.45, 7) is 0.117. The second kappa shape index (κ2) is 16.9.